The Kier molecular flexibility index (Phi) is 3.01. The normalized spacial score (nSPS) is 10.7. The van der Waals surface area contributed by atoms with Crippen molar-refractivity contribution >= 4 is 40.2 Å². The van der Waals surface area contributed by atoms with Gasteiger partial charge in [-0.15, -0.1) is 0 Å². The molecule has 1 aromatic heterocycles. The van der Waals surface area contributed by atoms with Gasteiger partial charge >= 0.3 is 0 Å². The molecule has 4 nitrogen and oxygen atoms in total. The molecule has 6 heteroatoms. The number of nitrogens with two attached hydrogens (primary N) is 1. The molecule has 1 heterocycles. The lowest BCUT2D eigenvalue weighted by atomic mass is 10.2. The van der Waals surface area contributed by atoms with Crippen LogP contribution in [0.3, 0.4) is 0 Å². The summed E-state index contributed by atoms with van der Waals surface area (Å²) in [5.74, 6) is 0.327. The minimum atomic E-state index is 0.327. The SMILES string of the molecule is N#Cc1ccc2nc(N)n(-c3ccc(Cl)c(Cl)c3)c2c1. The first-order valence-electron chi connectivity index (χ1n) is 5.73. The lowest BCUT2D eigenvalue weighted by Gasteiger charge is -2.07. The number of rotatable bonds is 1. The molecule has 2 aromatic carbocycles. The van der Waals surface area contributed by atoms with Crippen LogP contribution < -0.4 is 5.73 Å². The number of fused-ring (bicyclic) bond motifs is 1. The summed E-state index contributed by atoms with van der Waals surface area (Å²) in [7, 11) is 0. The van der Waals surface area contributed by atoms with Crippen LogP contribution in [0.1, 0.15) is 5.56 Å². The topological polar surface area (TPSA) is 67.6 Å². The number of halogens is 2. The van der Waals surface area contributed by atoms with Gasteiger partial charge in [-0.3, -0.25) is 4.57 Å². The van der Waals surface area contributed by atoms with Crippen LogP contribution in [0.5, 0.6) is 0 Å². The third-order valence-electron chi connectivity index (χ3n) is 2.97. The fourth-order valence-electron chi connectivity index (χ4n) is 2.06. The van der Waals surface area contributed by atoms with Crippen molar-refractivity contribution in [1.82, 2.24) is 9.55 Å². The molecule has 0 bridgehead atoms. The second kappa shape index (κ2) is 4.71. The Morgan fingerprint density at radius 3 is 2.60 bits per heavy atom. The van der Waals surface area contributed by atoms with E-state index in [1.807, 2.05) is 0 Å². The van der Waals surface area contributed by atoms with Crippen LogP contribution in [0, 0.1) is 11.3 Å². The molecule has 0 aliphatic rings. The van der Waals surface area contributed by atoms with Crippen LogP contribution >= 0.6 is 23.2 Å². The van der Waals surface area contributed by atoms with Gasteiger partial charge in [0.25, 0.3) is 0 Å². The summed E-state index contributed by atoms with van der Waals surface area (Å²) in [5.41, 5.74) is 8.71. The predicted molar refractivity (Wildman–Crippen MR) is 80.2 cm³/mol. The summed E-state index contributed by atoms with van der Waals surface area (Å²) in [6.07, 6.45) is 0. The number of nitriles is 1. The van der Waals surface area contributed by atoms with E-state index in [1.165, 1.54) is 0 Å². The highest BCUT2D eigenvalue weighted by molar-refractivity contribution is 6.42. The number of aromatic nitrogens is 2. The zero-order chi connectivity index (χ0) is 14.3. The molecule has 3 aromatic rings. The molecule has 0 fully saturated rings. The highest BCUT2D eigenvalue weighted by atomic mass is 35.5. The van der Waals surface area contributed by atoms with Gasteiger partial charge in [-0.2, -0.15) is 5.26 Å². The number of nitrogen functional groups attached to an aromatic ring is 1. The first-order chi connectivity index (χ1) is 9.60. The van der Waals surface area contributed by atoms with Gasteiger partial charge in [0, 0.05) is 0 Å². The van der Waals surface area contributed by atoms with Gasteiger partial charge in [0.15, 0.2) is 0 Å². The minimum absolute atomic E-state index is 0.327. The van der Waals surface area contributed by atoms with E-state index in [2.05, 4.69) is 11.1 Å². The second-order valence-corrected chi connectivity index (χ2v) is 5.03. The molecule has 0 atom stereocenters. The van der Waals surface area contributed by atoms with Gasteiger partial charge in [-0.1, -0.05) is 23.2 Å². The smallest absolute Gasteiger partial charge is 0.205 e. The summed E-state index contributed by atoms with van der Waals surface area (Å²) in [6.45, 7) is 0. The number of hydrogen-bond acceptors (Lipinski definition) is 3. The van der Waals surface area contributed by atoms with E-state index in [1.54, 1.807) is 41.0 Å². The van der Waals surface area contributed by atoms with Crippen molar-refractivity contribution in [2.75, 3.05) is 5.73 Å². The Morgan fingerprint density at radius 1 is 1.10 bits per heavy atom. The minimum Gasteiger partial charge on any atom is -0.369 e. The first kappa shape index (κ1) is 12.8. The lowest BCUT2D eigenvalue weighted by molar-refractivity contribution is 1.11. The van der Waals surface area contributed by atoms with Gasteiger partial charge in [-0.25, -0.2) is 4.98 Å². The predicted octanol–water partition coefficient (Wildman–Crippen LogP) is 3.79. The largest absolute Gasteiger partial charge is 0.369 e. The molecule has 0 saturated heterocycles. The lowest BCUT2D eigenvalue weighted by Crippen LogP contribution is -2.00. The quantitative estimate of drug-likeness (QED) is 0.743. The van der Waals surface area contributed by atoms with E-state index in [-0.39, 0.29) is 0 Å². The van der Waals surface area contributed by atoms with Gasteiger partial charge in [0.05, 0.1) is 38.4 Å². The van der Waals surface area contributed by atoms with Crippen LogP contribution in [-0.4, -0.2) is 9.55 Å². The zero-order valence-corrected chi connectivity index (χ0v) is 11.7. The molecule has 20 heavy (non-hydrogen) atoms. The second-order valence-electron chi connectivity index (χ2n) is 4.22. The molecule has 0 aliphatic carbocycles. The third kappa shape index (κ3) is 1.97. The van der Waals surface area contributed by atoms with Crippen LogP contribution in [0.2, 0.25) is 10.0 Å². The molecule has 0 amide bonds. The van der Waals surface area contributed by atoms with Crippen LogP contribution in [-0.2, 0) is 0 Å². The molecule has 0 saturated carbocycles. The van der Waals surface area contributed by atoms with Gasteiger partial charge in [0.2, 0.25) is 5.95 Å². The van der Waals surface area contributed by atoms with E-state index < -0.39 is 0 Å². The average Bonchev–Trinajstić information content (AvgIpc) is 2.77. The summed E-state index contributed by atoms with van der Waals surface area (Å²) in [5, 5.41) is 9.90. The van der Waals surface area contributed by atoms with E-state index in [0.717, 1.165) is 11.2 Å². The highest BCUT2D eigenvalue weighted by Crippen LogP contribution is 2.29. The molecular formula is C14H8Cl2N4. The van der Waals surface area contributed by atoms with Gasteiger partial charge < -0.3 is 5.73 Å². The van der Waals surface area contributed by atoms with Gasteiger partial charge in [0.1, 0.15) is 0 Å². The summed E-state index contributed by atoms with van der Waals surface area (Å²) in [6, 6.07) is 12.5. The van der Waals surface area contributed by atoms with Crippen molar-refractivity contribution in [3.8, 4) is 11.8 Å². The average molecular weight is 303 g/mol. The van der Waals surface area contributed by atoms with Crippen molar-refractivity contribution in [2.45, 2.75) is 0 Å². The molecule has 98 valence electrons. The molecule has 0 aliphatic heterocycles. The van der Waals surface area contributed by atoms with Crippen molar-refractivity contribution < 1.29 is 0 Å². The molecular weight excluding hydrogens is 295 g/mol. The Hall–Kier alpha value is -2.22. The monoisotopic (exact) mass is 302 g/mol. The third-order valence-corrected chi connectivity index (χ3v) is 3.71. The fourth-order valence-corrected chi connectivity index (χ4v) is 2.35. The first-order valence-corrected chi connectivity index (χ1v) is 6.49. The van der Waals surface area contributed by atoms with Crippen LogP contribution in [0.25, 0.3) is 16.7 Å². The maximum atomic E-state index is 9.00. The maximum Gasteiger partial charge on any atom is 0.205 e. The Morgan fingerprint density at radius 2 is 1.90 bits per heavy atom. The zero-order valence-electron chi connectivity index (χ0n) is 10.1. The summed E-state index contributed by atoms with van der Waals surface area (Å²) < 4.78 is 1.73. The van der Waals surface area contributed by atoms with Crippen molar-refractivity contribution in [2.24, 2.45) is 0 Å². The fraction of sp³-hybridized carbons (Fsp3) is 0. The molecule has 0 unspecified atom stereocenters. The van der Waals surface area contributed by atoms with E-state index >= 15 is 0 Å². The van der Waals surface area contributed by atoms with E-state index in [9.17, 15) is 0 Å². The number of hydrogen-bond donors (Lipinski definition) is 1. The number of anilines is 1. The molecule has 3 rings (SSSR count). The number of benzene rings is 2. The van der Waals surface area contributed by atoms with Crippen molar-refractivity contribution in [3.05, 3.63) is 52.0 Å². The Bertz CT molecular complexity index is 861. The van der Waals surface area contributed by atoms with Crippen LogP contribution in [0.15, 0.2) is 36.4 Å². The van der Waals surface area contributed by atoms with E-state index in [0.29, 0.717) is 27.1 Å². The van der Waals surface area contributed by atoms with Crippen molar-refractivity contribution in [3.63, 3.8) is 0 Å². The number of nitrogens with zero attached hydrogens (tertiary/aromatic N) is 3. The summed E-state index contributed by atoms with van der Waals surface area (Å²) >= 11 is 12.0. The van der Waals surface area contributed by atoms with E-state index in [4.69, 9.17) is 34.2 Å². The molecule has 0 spiro atoms. The number of imidazole rings is 1. The van der Waals surface area contributed by atoms with Crippen molar-refractivity contribution in [1.29, 1.82) is 5.26 Å². The standard InChI is InChI=1S/C14H8Cl2N4/c15-10-3-2-9(6-11(10)16)20-13-5-8(7-17)1-4-12(13)19-14(20)18/h1-6H,(H2,18,19). The maximum absolute atomic E-state index is 9.00. The Labute approximate surface area is 125 Å². The summed E-state index contributed by atoms with van der Waals surface area (Å²) in [4.78, 5) is 4.27. The molecule has 0 radical (unpaired) electrons. The molecule has 2 N–H and O–H groups in total. The Balaban J connectivity index is 2.32. The van der Waals surface area contributed by atoms with Crippen LogP contribution in [0.4, 0.5) is 5.95 Å². The van der Waals surface area contributed by atoms with Gasteiger partial charge in [-0.05, 0) is 36.4 Å². The highest BCUT2D eigenvalue weighted by Gasteiger charge is 2.11.